The molecule has 0 aliphatic carbocycles. The zero-order chi connectivity index (χ0) is 35.4. The second-order valence-electron chi connectivity index (χ2n) is 14.7. The number of nitriles is 1. The Labute approximate surface area is 294 Å². The van der Waals surface area contributed by atoms with Gasteiger partial charge in [-0.05, 0) is 50.3 Å². The third-order valence-electron chi connectivity index (χ3n) is 11.3. The maximum atomic E-state index is 17.5. The molecule has 4 saturated heterocycles. The number of β-amino-alcohol motifs (C(OH)–C–C–N with tert-alkyl or cyclic N) is 1. The van der Waals surface area contributed by atoms with Crippen molar-refractivity contribution in [1.82, 2.24) is 24.8 Å². The van der Waals surface area contributed by atoms with Crippen LogP contribution in [0.5, 0.6) is 6.01 Å². The lowest BCUT2D eigenvalue weighted by molar-refractivity contribution is 0.00803. The van der Waals surface area contributed by atoms with Crippen LogP contribution < -0.4 is 15.4 Å². The first-order valence-corrected chi connectivity index (χ1v) is 18.1. The van der Waals surface area contributed by atoms with Crippen LogP contribution >= 0.6 is 11.3 Å². The van der Waals surface area contributed by atoms with Gasteiger partial charge in [0.15, 0.2) is 11.6 Å². The van der Waals surface area contributed by atoms with Crippen LogP contribution in [-0.4, -0.2) is 98.8 Å². The molecule has 4 fully saturated rings. The molecule has 0 saturated carbocycles. The van der Waals surface area contributed by atoms with Gasteiger partial charge in [0.05, 0.1) is 58.9 Å². The number of fused-ring (bicyclic) bond motifs is 7. The van der Waals surface area contributed by atoms with Crippen molar-refractivity contribution >= 4 is 43.1 Å². The minimum Gasteiger partial charge on any atom is -0.461 e. The summed E-state index contributed by atoms with van der Waals surface area (Å²) in [6.07, 6.45) is 3.20. The fourth-order valence-electron chi connectivity index (χ4n) is 9.41. The number of hydrogen-bond acceptors (Lipinski definition) is 12. The van der Waals surface area contributed by atoms with Gasteiger partial charge in [-0.25, -0.2) is 17.6 Å². The third-order valence-corrected chi connectivity index (χ3v) is 12.4. The number of hydrogen-bond donors (Lipinski definition) is 2. The van der Waals surface area contributed by atoms with Crippen LogP contribution in [-0.2, 0) is 18.0 Å². The molecule has 9 rings (SSSR count). The number of aromatic nitrogens is 3. The van der Waals surface area contributed by atoms with Gasteiger partial charge in [-0.2, -0.15) is 15.2 Å². The molecule has 0 spiro atoms. The number of nitrogen functional groups attached to an aromatic ring is 1. The Morgan fingerprint density at radius 3 is 2.69 bits per heavy atom. The molecule has 11 nitrogen and oxygen atoms in total. The number of thiophene rings is 1. The van der Waals surface area contributed by atoms with Gasteiger partial charge in [-0.3, -0.25) is 14.8 Å². The second-order valence-corrected chi connectivity index (χ2v) is 15.8. The van der Waals surface area contributed by atoms with Gasteiger partial charge >= 0.3 is 6.01 Å². The first-order valence-electron chi connectivity index (χ1n) is 17.3. The van der Waals surface area contributed by atoms with E-state index in [-0.39, 0.29) is 88.3 Å². The lowest BCUT2D eigenvalue weighted by Crippen LogP contribution is -2.55. The minimum absolute atomic E-state index is 0.0111. The molecule has 4 aromatic rings. The van der Waals surface area contributed by atoms with Gasteiger partial charge in [-0.1, -0.05) is 0 Å². The molecule has 5 aliphatic rings. The van der Waals surface area contributed by atoms with Crippen molar-refractivity contribution in [3.63, 3.8) is 0 Å². The van der Waals surface area contributed by atoms with Gasteiger partial charge in [0.1, 0.15) is 29.0 Å². The van der Waals surface area contributed by atoms with E-state index in [0.29, 0.717) is 54.9 Å². The summed E-state index contributed by atoms with van der Waals surface area (Å²) >= 11 is 0.899. The number of halogens is 4. The number of nitrogens with two attached hydrogens (primary N) is 1. The summed E-state index contributed by atoms with van der Waals surface area (Å²) < 4.78 is 74.1. The molecule has 1 aromatic carbocycles. The molecular formula is C35H36F4N8O3S. The SMILES string of the molecule is C[C@@H](O)CN1CC2CCC(C1)N2c1nc(OCC23CCCN2CC(F)(F)C3)nc2c(F)c(-c3ncc(F)c4sc(N)c(C#N)c34)c3c(c12)COC3. The number of benzene rings is 1. The molecule has 0 radical (unpaired) electrons. The smallest absolute Gasteiger partial charge is 0.319 e. The summed E-state index contributed by atoms with van der Waals surface area (Å²) in [6.45, 7) is 3.93. The van der Waals surface area contributed by atoms with E-state index in [0.717, 1.165) is 36.8 Å². The topological polar surface area (TPSA) is 137 Å². The van der Waals surface area contributed by atoms with E-state index >= 15 is 8.78 Å². The molecule has 4 atom stereocenters. The van der Waals surface area contributed by atoms with Crippen LogP contribution in [0.15, 0.2) is 6.20 Å². The molecule has 3 unspecified atom stereocenters. The molecule has 3 N–H and O–H groups in total. The van der Waals surface area contributed by atoms with Crippen LogP contribution in [0.2, 0.25) is 0 Å². The highest BCUT2D eigenvalue weighted by Crippen LogP contribution is 2.49. The fourth-order valence-corrected chi connectivity index (χ4v) is 10.3. The predicted molar refractivity (Wildman–Crippen MR) is 182 cm³/mol. The van der Waals surface area contributed by atoms with Crippen LogP contribution in [0, 0.1) is 23.0 Å². The molecule has 8 heterocycles. The van der Waals surface area contributed by atoms with Crippen LogP contribution in [0.25, 0.3) is 32.2 Å². The normalized spacial score (nSPS) is 26.3. The zero-order valence-corrected chi connectivity index (χ0v) is 28.7. The number of ether oxygens (including phenoxy) is 2. The number of alkyl halides is 2. The summed E-state index contributed by atoms with van der Waals surface area (Å²) in [5.41, 5.74) is 6.45. The number of anilines is 2. The van der Waals surface area contributed by atoms with Crippen molar-refractivity contribution in [3.05, 3.63) is 34.5 Å². The maximum Gasteiger partial charge on any atom is 0.319 e. The number of pyridine rings is 1. The molecule has 16 heteroatoms. The first-order chi connectivity index (χ1) is 24.5. The van der Waals surface area contributed by atoms with Crippen LogP contribution in [0.4, 0.5) is 28.4 Å². The number of aliphatic hydroxyl groups excluding tert-OH is 1. The number of likely N-dealkylation sites (tertiary alicyclic amines) is 1. The summed E-state index contributed by atoms with van der Waals surface area (Å²) in [6, 6.07) is 1.93. The monoisotopic (exact) mass is 724 g/mol. The van der Waals surface area contributed by atoms with E-state index in [1.165, 1.54) is 0 Å². The van der Waals surface area contributed by atoms with E-state index in [1.54, 1.807) is 11.8 Å². The Kier molecular flexibility index (Phi) is 7.65. The van der Waals surface area contributed by atoms with E-state index in [9.17, 15) is 19.1 Å². The molecule has 0 amide bonds. The maximum absolute atomic E-state index is 17.5. The summed E-state index contributed by atoms with van der Waals surface area (Å²) in [5, 5.41) is 20.8. The zero-order valence-electron chi connectivity index (χ0n) is 27.9. The Morgan fingerprint density at radius 2 is 1.94 bits per heavy atom. The van der Waals surface area contributed by atoms with Gasteiger partial charge in [0.2, 0.25) is 0 Å². The standard InChI is InChI=1S/C35H36F4N8O3S/c1-17(48)9-45-10-18-3-4-19(11-45)47(18)32-26-22-13-49-12-21(22)24(28-25-20(7-40)31(41)51-30(25)23(36)8-42-28)27(37)29(26)43-33(44-32)50-16-34-5-2-6-46(34)15-35(38,39)14-34/h8,17-19,48H,2-6,9-16,41H2,1H3/t17-,18?,19?,34?/m1/s1. The summed E-state index contributed by atoms with van der Waals surface area (Å²) in [7, 11) is 0. The Hall–Kier alpha value is -3.88. The highest BCUT2D eigenvalue weighted by molar-refractivity contribution is 7.23. The molecule has 268 valence electrons. The molecular weight excluding hydrogens is 688 g/mol. The van der Waals surface area contributed by atoms with Gasteiger partial charge in [0.25, 0.3) is 5.92 Å². The van der Waals surface area contributed by atoms with E-state index in [2.05, 4.69) is 19.8 Å². The Balaban J connectivity index is 1.23. The van der Waals surface area contributed by atoms with Crippen LogP contribution in [0.1, 0.15) is 55.7 Å². The van der Waals surface area contributed by atoms with Gasteiger partial charge < -0.3 is 25.2 Å². The van der Waals surface area contributed by atoms with E-state index in [4.69, 9.17) is 20.2 Å². The summed E-state index contributed by atoms with van der Waals surface area (Å²) in [4.78, 5) is 20.1. The van der Waals surface area contributed by atoms with Crippen molar-refractivity contribution in [2.45, 2.75) is 81.9 Å². The van der Waals surface area contributed by atoms with E-state index < -0.39 is 29.2 Å². The fraction of sp³-hybridized carbons (Fsp3) is 0.543. The van der Waals surface area contributed by atoms with Crippen molar-refractivity contribution in [3.8, 4) is 23.3 Å². The Bertz CT molecular complexity index is 2130. The number of piperazine rings is 1. The molecule has 2 bridgehead atoms. The predicted octanol–water partition coefficient (Wildman–Crippen LogP) is 4.95. The quantitative estimate of drug-likeness (QED) is 0.251. The molecule has 5 aliphatic heterocycles. The number of aliphatic hydroxyl groups is 1. The van der Waals surface area contributed by atoms with E-state index in [1.807, 2.05) is 6.07 Å². The third kappa shape index (κ3) is 5.14. The minimum atomic E-state index is -2.84. The average molecular weight is 725 g/mol. The lowest BCUT2D eigenvalue weighted by Gasteiger charge is -2.42. The van der Waals surface area contributed by atoms with Crippen LogP contribution in [0.3, 0.4) is 0 Å². The van der Waals surface area contributed by atoms with Crippen molar-refractivity contribution < 1.29 is 32.1 Å². The largest absolute Gasteiger partial charge is 0.461 e. The van der Waals surface area contributed by atoms with Crippen molar-refractivity contribution in [2.75, 3.05) is 50.0 Å². The highest BCUT2D eigenvalue weighted by Gasteiger charge is 2.57. The van der Waals surface area contributed by atoms with Gasteiger partial charge in [-0.15, -0.1) is 11.3 Å². The molecule has 51 heavy (non-hydrogen) atoms. The lowest BCUT2D eigenvalue weighted by atomic mass is 9.93. The van der Waals surface area contributed by atoms with Crippen molar-refractivity contribution in [1.29, 1.82) is 5.26 Å². The first kappa shape index (κ1) is 33.0. The number of nitrogens with zero attached hydrogens (tertiary/aromatic N) is 7. The second kappa shape index (κ2) is 11.8. The number of rotatable bonds is 7. The highest BCUT2D eigenvalue weighted by atomic mass is 32.1. The average Bonchev–Trinajstić information content (AvgIpc) is 3.88. The summed E-state index contributed by atoms with van der Waals surface area (Å²) in [5.74, 6) is -3.79. The Morgan fingerprint density at radius 1 is 1.18 bits per heavy atom. The van der Waals surface area contributed by atoms with Gasteiger partial charge in [0, 0.05) is 49.1 Å². The van der Waals surface area contributed by atoms with Crippen molar-refractivity contribution in [2.24, 2.45) is 0 Å². The molecule has 3 aromatic heterocycles.